The number of rotatable bonds is 4. The third-order valence-electron chi connectivity index (χ3n) is 4.94. The van der Waals surface area contributed by atoms with Crippen LogP contribution in [-0.4, -0.2) is 19.2 Å². The fraction of sp³-hybridized carbons (Fsp3) is 0.667. The third-order valence-corrected chi connectivity index (χ3v) is 4.94. The summed E-state index contributed by atoms with van der Waals surface area (Å²) in [7, 11) is 0. The summed E-state index contributed by atoms with van der Waals surface area (Å²) < 4.78 is 6.02. The largest absolute Gasteiger partial charge is 0.488 e. The van der Waals surface area contributed by atoms with Crippen LogP contribution in [0.4, 0.5) is 0 Å². The number of fused-ring (bicyclic) bond motifs is 1. The molecule has 20 heavy (non-hydrogen) atoms. The molecule has 2 heteroatoms. The Morgan fingerprint density at radius 1 is 1.25 bits per heavy atom. The van der Waals surface area contributed by atoms with Gasteiger partial charge in [-0.3, -0.25) is 0 Å². The van der Waals surface area contributed by atoms with Gasteiger partial charge >= 0.3 is 0 Å². The Morgan fingerprint density at radius 2 is 2.05 bits per heavy atom. The second-order valence-corrected chi connectivity index (χ2v) is 7.06. The zero-order valence-corrected chi connectivity index (χ0v) is 12.9. The minimum Gasteiger partial charge on any atom is -0.488 e. The molecule has 0 saturated heterocycles. The molecule has 0 bridgehead atoms. The van der Waals surface area contributed by atoms with Crippen molar-refractivity contribution in [3.63, 3.8) is 0 Å². The van der Waals surface area contributed by atoms with Gasteiger partial charge in [0.25, 0.3) is 0 Å². The topological polar surface area (TPSA) is 21.3 Å². The molecule has 0 spiro atoms. The highest BCUT2D eigenvalue weighted by atomic mass is 16.5. The van der Waals surface area contributed by atoms with Crippen molar-refractivity contribution in [2.24, 2.45) is 5.41 Å². The van der Waals surface area contributed by atoms with Gasteiger partial charge < -0.3 is 10.1 Å². The van der Waals surface area contributed by atoms with Crippen molar-refractivity contribution < 1.29 is 4.74 Å². The predicted molar refractivity (Wildman–Crippen MR) is 83.4 cm³/mol. The van der Waals surface area contributed by atoms with Crippen LogP contribution in [0.2, 0.25) is 0 Å². The summed E-state index contributed by atoms with van der Waals surface area (Å²) in [5.41, 5.74) is 3.22. The Bertz CT molecular complexity index is 462. The average molecular weight is 273 g/mol. The summed E-state index contributed by atoms with van der Waals surface area (Å²) in [6, 6.07) is 6.52. The van der Waals surface area contributed by atoms with Crippen molar-refractivity contribution >= 4 is 0 Å². The van der Waals surface area contributed by atoms with Crippen LogP contribution in [0.15, 0.2) is 18.2 Å². The molecular formula is C18H27NO. The fourth-order valence-corrected chi connectivity index (χ4v) is 3.68. The summed E-state index contributed by atoms with van der Waals surface area (Å²) in [5, 5.41) is 3.66. The van der Waals surface area contributed by atoms with Crippen molar-refractivity contribution in [1.29, 1.82) is 0 Å². The first kappa shape index (κ1) is 13.9. The fourth-order valence-electron chi connectivity index (χ4n) is 3.68. The molecule has 1 N–H and O–H groups in total. The van der Waals surface area contributed by atoms with E-state index >= 15 is 0 Å². The number of hydrogen-bond donors (Lipinski definition) is 1. The summed E-state index contributed by atoms with van der Waals surface area (Å²) in [6.45, 7) is 6.70. The lowest BCUT2D eigenvalue weighted by Gasteiger charge is -2.34. The maximum absolute atomic E-state index is 6.02. The maximum atomic E-state index is 6.02. The molecule has 1 atom stereocenters. The maximum Gasteiger partial charge on any atom is 0.123 e. The van der Waals surface area contributed by atoms with Crippen molar-refractivity contribution in [1.82, 2.24) is 5.32 Å². The average Bonchev–Trinajstić information content (AvgIpc) is 2.81. The molecule has 1 unspecified atom stereocenters. The first-order chi connectivity index (χ1) is 9.65. The van der Waals surface area contributed by atoms with Gasteiger partial charge in [-0.05, 0) is 36.8 Å². The van der Waals surface area contributed by atoms with E-state index in [1.54, 1.807) is 0 Å². The zero-order valence-electron chi connectivity index (χ0n) is 12.9. The molecule has 2 nitrogen and oxygen atoms in total. The van der Waals surface area contributed by atoms with E-state index in [-0.39, 0.29) is 0 Å². The predicted octanol–water partition coefficient (Wildman–Crippen LogP) is 3.86. The number of benzene rings is 1. The molecule has 0 amide bonds. The van der Waals surface area contributed by atoms with Gasteiger partial charge in [-0.1, -0.05) is 43.9 Å². The number of nitrogens with one attached hydrogen (secondary N) is 1. The van der Waals surface area contributed by atoms with E-state index < -0.39 is 0 Å². The highest BCUT2D eigenvalue weighted by Gasteiger charge is 2.27. The number of ether oxygens (including phenoxy) is 1. The highest BCUT2D eigenvalue weighted by Crippen LogP contribution is 2.35. The Balaban J connectivity index is 1.46. The van der Waals surface area contributed by atoms with Gasteiger partial charge in [-0.15, -0.1) is 0 Å². The minimum atomic E-state index is 0.319. The summed E-state index contributed by atoms with van der Waals surface area (Å²) in [6.07, 6.45) is 8.37. The number of aryl methyl sites for hydroxylation is 1. The van der Waals surface area contributed by atoms with E-state index in [1.165, 1.54) is 43.2 Å². The van der Waals surface area contributed by atoms with Crippen LogP contribution in [0.3, 0.4) is 0 Å². The van der Waals surface area contributed by atoms with Gasteiger partial charge in [0.1, 0.15) is 11.9 Å². The summed E-state index contributed by atoms with van der Waals surface area (Å²) >= 11 is 0. The molecule has 1 aliphatic heterocycles. The van der Waals surface area contributed by atoms with Gasteiger partial charge in [-0.25, -0.2) is 0 Å². The van der Waals surface area contributed by atoms with E-state index in [1.807, 2.05) is 0 Å². The lowest BCUT2D eigenvalue weighted by Crippen LogP contribution is -2.38. The van der Waals surface area contributed by atoms with Gasteiger partial charge in [0.05, 0.1) is 0 Å². The molecule has 1 aromatic rings. The normalized spacial score (nSPS) is 24.2. The van der Waals surface area contributed by atoms with Crippen molar-refractivity contribution in [2.75, 3.05) is 13.1 Å². The Kier molecular flexibility index (Phi) is 4.02. The first-order valence-corrected chi connectivity index (χ1v) is 8.12. The van der Waals surface area contributed by atoms with E-state index in [2.05, 4.69) is 37.4 Å². The van der Waals surface area contributed by atoms with E-state index in [0.29, 0.717) is 11.5 Å². The van der Waals surface area contributed by atoms with Crippen LogP contribution < -0.4 is 10.1 Å². The summed E-state index contributed by atoms with van der Waals surface area (Å²) in [4.78, 5) is 0. The second-order valence-electron chi connectivity index (χ2n) is 7.06. The zero-order chi connectivity index (χ0) is 14.0. The van der Waals surface area contributed by atoms with Gasteiger partial charge in [0.2, 0.25) is 0 Å². The smallest absolute Gasteiger partial charge is 0.123 e. The SMILES string of the molecule is Cc1ccc2c(c1)CC(CNCC1(C)CCCCC1)O2. The molecule has 110 valence electrons. The number of hydrogen-bond acceptors (Lipinski definition) is 2. The summed E-state index contributed by atoms with van der Waals surface area (Å²) in [5.74, 6) is 1.09. The first-order valence-electron chi connectivity index (χ1n) is 8.12. The quantitative estimate of drug-likeness (QED) is 0.899. The second kappa shape index (κ2) is 5.77. The molecule has 3 rings (SSSR count). The molecule has 1 heterocycles. The Hall–Kier alpha value is -1.02. The van der Waals surface area contributed by atoms with Gasteiger partial charge in [-0.2, -0.15) is 0 Å². The van der Waals surface area contributed by atoms with Crippen molar-refractivity contribution in [3.05, 3.63) is 29.3 Å². The van der Waals surface area contributed by atoms with Crippen LogP contribution in [-0.2, 0) is 6.42 Å². The lowest BCUT2D eigenvalue weighted by atomic mass is 9.76. The van der Waals surface area contributed by atoms with Crippen molar-refractivity contribution in [3.8, 4) is 5.75 Å². The molecule has 1 saturated carbocycles. The molecule has 1 aromatic carbocycles. The van der Waals surface area contributed by atoms with Gasteiger partial charge in [0, 0.05) is 19.5 Å². The van der Waals surface area contributed by atoms with Crippen molar-refractivity contribution in [2.45, 2.75) is 58.5 Å². The van der Waals surface area contributed by atoms with Crippen LogP contribution in [0.5, 0.6) is 5.75 Å². The van der Waals surface area contributed by atoms with Crippen LogP contribution in [0.25, 0.3) is 0 Å². The van der Waals surface area contributed by atoms with Crippen LogP contribution in [0, 0.1) is 12.3 Å². The molecule has 2 aliphatic rings. The van der Waals surface area contributed by atoms with E-state index in [4.69, 9.17) is 4.74 Å². The van der Waals surface area contributed by atoms with E-state index in [9.17, 15) is 0 Å². The Labute approximate surface area is 122 Å². The van der Waals surface area contributed by atoms with Crippen LogP contribution >= 0.6 is 0 Å². The standard InChI is InChI=1S/C18H27NO/c1-14-6-7-17-15(10-14)11-16(20-17)12-19-13-18(2)8-4-3-5-9-18/h6-7,10,16,19H,3-5,8-9,11-13H2,1-2H3. The van der Waals surface area contributed by atoms with Crippen LogP contribution in [0.1, 0.15) is 50.2 Å². The molecule has 1 fully saturated rings. The Morgan fingerprint density at radius 3 is 2.85 bits per heavy atom. The third kappa shape index (κ3) is 3.17. The minimum absolute atomic E-state index is 0.319. The lowest BCUT2D eigenvalue weighted by molar-refractivity contribution is 0.184. The highest BCUT2D eigenvalue weighted by molar-refractivity contribution is 5.40. The molecule has 0 radical (unpaired) electrons. The monoisotopic (exact) mass is 273 g/mol. The van der Waals surface area contributed by atoms with E-state index in [0.717, 1.165) is 25.3 Å². The molecular weight excluding hydrogens is 246 g/mol. The molecule has 0 aromatic heterocycles. The van der Waals surface area contributed by atoms with Gasteiger partial charge in [0.15, 0.2) is 0 Å². The molecule has 1 aliphatic carbocycles.